The molecule has 3 rings (SSSR count). The van der Waals surface area contributed by atoms with E-state index in [1.807, 2.05) is 6.26 Å². The van der Waals surface area contributed by atoms with Crippen molar-refractivity contribution in [3.8, 4) is 0 Å². The van der Waals surface area contributed by atoms with Crippen molar-refractivity contribution in [2.45, 2.75) is 29.2 Å². The highest BCUT2D eigenvalue weighted by atomic mass is 32.2. The van der Waals surface area contributed by atoms with Crippen LogP contribution in [0.1, 0.15) is 29.0 Å². The van der Waals surface area contributed by atoms with Gasteiger partial charge >= 0.3 is 0 Å². The van der Waals surface area contributed by atoms with Crippen LogP contribution in [0.2, 0.25) is 0 Å². The number of carbonyl (C=O) groups excluding carboxylic acids is 1. The summed E-state index contributed by atoms with van der Waals surface area (Å²) in [4.78, 5) is 15.5. The first-order valence-electron chi connectivity index (χ1n) is 8.39. The molecule has 8 heteroatoms. The van der Waals surface area contributed by atoms with Gasteiger partial charge in [0.1, 0.15) is 5.76 Å². The monoisotopic (exact) mass is 394 g/mol. The van der Waals surface area contributed by atoms with Crippen molar-refractivity contribution in [3.63, 3.8) is 0 Å². The van der Waals surface area contributed by atoms with Crippen molar-refractivity contribution in [1.29, 1.82) is 0 Å². The van der Waals surface area contributed by atoms with Crippen molar-refractivity contribution >= 4 is 27.7 Å². The zero-order valence-electron chi connectivity index (χ0n) is 14.8. The molecule has 2 aromatic rings. The number of amides is 1. The average molecular weight is 395 g/mol. The summed E-state index contributed by atoms with van der Waals surface area (Å²) in [6.07, 6.45) is 5.37. The van der Waals surface area contributed by atoms with Crippen LogP contribution in [0, 0.1) is 0 Å². The molecule has 0 spiro atoms. The molecule has 0 aliphatic carbocycles. The third-order valence-corrected chi connectivity index (χ3v) is 7.06. The SMILES string of the molecule is CSc1ccc(S(=O)(=O)N(C)Cc2ccco2)cc1C(=O)N1CCCC1. The quantitative estimate of drug-likeness (QED) is 0.704. The molecule has 0 saturated carbocycles. The first-order chi connectivity index (χ1) is 12.4. The minimum atomic E-state index is -3.73. The van der Waals surface area contributed by atoms with Gasteiger partial charge in [0.15, 0.2) is 0 Å². The van der Waals surface area contributed by atoms with E-state index in [1.54, 1.807) is 29.2 Å². The molecule has 1 amide bonds. The van der Waals surface area contributed by atoms with E-state index in [0.29, 0.717) is 11.3 Å². The Hall–Kier alpha value is -1.77. The van der Waals surface area contributed by atoms with E-state index in [2.05, 4.69) is 0 Å². The van der Waals surface area contributed by atoms with Crippen LogP contribution in [0.4, 0.5) is 0 Å². The Bertz CT molecular complexity index is 873. The number of nitrogens with zero attached hydrogens (tertiary/aromatic N) is 2. The molecule has 0 unspecified atom stereocenters. The van der Waals surface area contributed by atoms with Gasteiger partial charge in [0.25, 0.3) is 5.91 Å². The molecule has 26 heavy (non-hydrogen) atoms. The van der Waals surface area contributed by atoms with Crippen molar-refractivity contribution in [2.75, 3.05) is 26.4 Å². The molecule has 1 aromatic carbocycles. The number of furan rings is 1. The van der Waals surface area contributed by atoms with Crippen molar-refractivity contribution in [1.82, 2.24) is 9.21 Å². The first kappa shape index (κ1) is 19.0. The van der Waals surface area contributed by atoms with Gasteiger partial charge in [0.05, 0.1) is 23.3 Å². The average Bonchev–Trinajstić information content (AvgIpc) is 3.34. The lowest BCUT2D eigenvalue weighted by molar-refractivity contribution is 0.0789. The lowest BCUT2D eigenvalue weighted by Crippen LogP contribution is -2.29. The van der Waals surface area contributed by atoms with Gasteiger partial charge in [-0.25, -0.2) is 8.42 Å². The fourth-order valence-electron chi connectivity index (χ4n) is 2.99. The zero-order valence-corrected chi connectivity index (χ0v) is 16.5. The molecule has 140 valence electrons. The van der Waals surface area contributed by atoms with E-state index in [-0.39, 0.29) is 17.3 Å². The second kappa shape index (κ2) is 7.85. The lowest BCUT2D eigenvalue weighted by Gasteiger charge is -2.20. The summed E-state index contributed by atoms with van der Waals surface area (Å²) >= 11 is 1.44. The van der Waals surface area contributed by atoms with Crippen LogP contribution in [-0.4, -0.2) is 49.9 Å². The van der Waals surface area contributed by atoms with Crippen molar-refractivity contribution < 1.29 is 17.6 Å². The van der Waals surface area contributed by atoms with Gasteiger partial charge in [0, 0.05) is 25.0 Å². The number of rotatable bonds is 6. The number of sulfonamides is 1. The molecule has 1 saturated heterocycles. The smallest absolute Gasteiger partial charge is 0.255 e. The van der Waals surface area contributed by atoms with E-state index in [9.17, 15) is 13.2 Å². The van der Waals surface area contributed by atoms with Crippen LogP contribution in [0.3, 0.4) is 0 Å². The van der Waals surface area contributed by atoms with Crippen LogP contribution in [-0.2, 0) is 16.6 Å². The summed E-state index contributed by atoms with van der Waals surface area (Å²) in [5.41, 5.74) is 0.451. The van der Waals surface area contributed by atoms with Gasteiger partial charge in [0.2, 0.25) is 10.0 Å². The Labute approximate surface area is 158 Å². The number of likely N-dealkylation sites (tertiary alicyclic amines) is 1. The summed E-state index contributed by atoms with van der Waals surface area (Å²) < 4.78 is 32.3. The Morgan fingerprint density at radius 3 is 2.62 bits per heavy atom. The largest absolute Gasteiger partial charge is 0.468 e. The molecule has 6 nitrogen and oxygen atoms in total. The fraction of sp³-hybridized carbons (Fsp3) is 0.389. The van der Waals surface area contributed by atoms with Crippen molar-refractivity contribution in [3.05, 3.63) is 47.9 Å². The zero-order chi connectivity index (χ0) is 18.7. The Morgan fingerprint density at radius 2 is 2.00 bits per heavy atom. The molecule has 0 radical (unpaired) electrons. The van der Waals surface area contributed by atoms with E-state index in [4.69, 9.17) is 4.42 Å². The second-order valence-corrected chi connectivity index (χ2v) is 9.09. The lowest BCUT2D eigenvalue weighted by atomic mass is 10.2. The Balaban J connectivity index is 1.91. The number of benzene rings is 1. The normalized spacial score (nSPS) is 15.0. The standard InChI is InChI=1S/C18H22N2O4S2/c1-19(13-14-6-5-11-24-14)26(22,23)15-7-8-17(25-2)16(12-15)18(21)20-9-3-4-10-20/h5-8,11-12H,3-4,9-10,13H2,1-2H3. The highest BCUT2D eigenvalue weighted by molar-refractivity contribution is 7.98. The van der Waals surface area contributed by atoms with Gasteiger partial charge < -0.3 is 9.32 Å². The summed E-state index contributed by atoms with van der Waals surface area (Å²) in [5, 5.41) is 0. The van der Waals surface area contributed by atoms with Gasteiger partial charge in [-0.05, 0) is 49.4 Å². The molecule has 0 bridgehead atoms. The van der Waals surface area contributed by atoms with Gasteiger partial charge in [-0.15, -0.1) is 11.8 Å². The van der Waals surface area contributed by atoms with E-state index >= 15 is 0 Å². The third kappa shape index (κ3) is 3.82. The molecular formula is C18H22N2O4S2. The number of carbonyl (C=O) groups is 1. The first-order valence-corrected chi connectivity index (χ1v) is 11.1. The van der Waals surface area contributed by atoms with E-state index in [1.165, 1.54) is 35.4 Å². The highest BCUT2D eigenvalue weighted by Crippen LogP contribution is 2.27. The van der Waals surface area contributed by atoms with Gasteiger partial charge in [-0.2, -0.15) is 4.31 Å². The summed E-state index contributed by atoms with van der Waals surface area (Å²) in [7, 11) is -2.22. The topological polar surface area (TPSA) is 70.8 Å². The molecule has 1 fully saturated rings. The number of hydrogen-bond acceptors (Lipinski definition) is 5. The molecule has 0 atom stereocenters. The van der Waals surface area contributed by atoms with Crippen LogP contribution in [0.5, 0.6) is 0 Å². The Morgan fingerprint density at radius 1 is 1.27 bits per heavy atom. The molecule has 1 aliphatic rings. The minimum absolute atomic E-state index is 0.0995. The van der Waals surface area contributed by atoms with E-state index < -0.39 is 10.0 Å². The van der Waals surface area contributed by atoms with Crippen LogP contribution >= 0.6 is 11.8 Å². The van der Waals surface area contributed by atoms with Gasteiger partial charge in [-0.1, -0.05) is 0 Å². The Kier molecular flexibility index (Phi) is 5.74. The van der Waals surface area contributed by atoms with Crippen LogP contribution in [0.25, 0.3) is 0 Å². The predicted molar refractivity (Wildman–Crippen MR) is 101 cm³/mol. The maximum absolute atomic E-state index is 12.9. The summed E-state index contributed by atoms with van der Waals surface area (Å²) in [6, 6.07) is 8.21. The third-order valence-electron chi connectivity index (χ3n) is 4.46. The minimum Gasteiger partial charge on any atom is -0.468 e. The van der Waals surface area contributed by atoms with E-state index in [0.717, 1.165) is 30.8 Å². The van der Waals surface area contributed by atoms with Crippen LogP contribution in [0.15, 0.2) is 50.8 Å². The molecular weight excluding hydrogens is 372 g/mol. The maximum Gasteiger partial charge on any atom is 0.255 e. The molecule has 2 heterocycles. The van der Waals surface area contributed by atoms with Crippen molar-refractivity contribution in [2.24, 2.45) is 0 Å². The molecule has 1 aliphatic heterocycles. The summed E-state index contributed by atoms with van der Waals surface area (Å²) in [6.45, 7) is 1.58. The van der Waals surface area contributed by atoms with Crippen LogP contribution < -0.4 is 0 Å². The maximum atomic E-state index is 12.9. The highest BCUT2D eigenvalue weighted by Gasteiger charge is 2.26. The second-order valence-electron chi connectivity index (χ2n) is 6.20. The van der Waals surface area contributed by atoms with Gasteiger partial charge in [-0.3, -0.25) is 4.79 Å². The predicted octanol–water partition coefficient (Wildman–Crippen LogP) is 3.06. The number of thioether (sulfide) groups is 1. The molecule has 0 N–H and O–H groups in total. The molecule has 1 aromatic heterocycles. The fourth-order valence-corrected chi connectivity index (χ4v) is 4.73. The summed E-state index contributed by atoms with van der Waals surface area (Å²) in [5.74, 6) is 0.461. The number of hydrogen-bond donors (Lipinski definition) is 0.